The number of nitrogens with one attached hydrogen (secondary N) is 3. The average molecular weight is 665 g/mol. The molecule has 2 aliphatic heterocycles. The molecule has 0 unspecified atom stereocenters. The number of imidazole rings is 1. The zero-order valence-electron chi connectivity index (χ0n) is 25.8. The first kappa shape index (κ1) is 31.5. The van der Waals surface area contributed by atoms with Crippen LogP contribution in [0.5, 0.6) is 0 Å². The van der Waals surface area contributed by atoms with Crippen molar-refractivity contribution in [3.63, 3.8) is 0 Å². The summed E-state index contributed by atoms with van der Waals surface area (Å²) in [6.45, 7) is 3.68. The van der Waals surface area contributed by atoms with E-state index in [1.807, 2.05) is 6.92 Å². The summed E-state index contributed by atoms with van der Waals surface area (Å²) in [6, 6.07) is 7.29. The number of H-pyrrole nitrogens is 1. The molecule has 0 spiro atoms. The Labute approximate surface area is 270 Å². The molecule has 0 aliphatic carbocycles. The standard InChI is InChI=1S/C34H29F5N6O3/c1-33(15-48-16-33)42-8-3-6-26(46)43-28-22(35)11-19(12-23(28)36)32(47)25-13-18-7-10-44(2)31-27(20-5-4-9-45(25)30(18)20)21(34(37,38)39)14-24-29(31)41-17-40-24/h3-6,9,11-14,17,42H,7-8,10,15-16H2,1-2H3,(H,40,41)(H,43,46)/b6-3+. The number of amides is 1. The van der Waals surface area contributed by atoms with Crippen LogP contribution in [0.25, 0.3) is 27.7 Å². The van der Waals surface area contributed by atoms with Gasteiger partial charge in [0.25, 0.3) is 0 Å². The Kier molecular flexibility index (Phi) is 7.59. The van der Waals surface area contributed by atoms with Crippen LogP contribution < -0.4 is 15.5 Å². The number of ketones is 1. The van der Waals surface area contributed by atoms with E-state index in [0.29, 0.717) is 55.0 Å². The number of anilines is 2. The minimum absolute atomic E-state index is 0.0129. The second kappa shape index (κ2) is 11.6. The Bertz CT molecular complexity index is 2120. The highest BCUT2D eigenvalue weighted by atomic mass is 19.4. The van der Waals surface area contributed by atoms with Crippen LogP contribution in [0.4, 0.5) is 33.3 Å². The predicted molar refractivity (Wildman–Crippen MR) is 169 cm³/mol. The van der Waals surface area contributed by atoms with E-state index >= 15 is 8.78 Å². The average Bonchev–Trinajstić information content (AvgIpc) is 3.65. The summed E-state index contributed by atoms with van der Waals surface area (Å²) in [5, 5.41) is 5.37. The molecule has 3 N–H and O–H groups in total. The van der Waals surface area contributed by atoms with Crippen molar-refractivity contribution in [1.82, 2.24) is 19.7 Å². The summed E-state index contributed by atoms with van der Waals surface area (Å²) in [7, 11) is 1.68. The Morgan fingerprint density at radius 2 is 1.90 bits per heavy atom. The van der Waals surface area contributed by atoms with Crippen molar-refractivity contribution in [2.45, 2.75) is 25.1 Å². The quantitative estimate of drug-likeness (QED) is 0.114. The fraction of sp³-hybridized carbons (Fsp3) is 0.265. The predicted octanol–water partition coefficient (Wildman–Crippen LogP) is 5.88. The van der Waals surface area contributed by atoms with Crippen molar-refractivity contribution < 1.29 is 36.3 Å². The maximum absolute atomic E-state index is 15.2. The number of benzene rings is 2. The van der Waals surface area contributed by atoms with E-state index < -0.39 is 40.8 Å². The molecule has 5 aromatic rings. The number of carbonyl (C=O) groups excluding carboxylic acids is 2. The first-order valence-electron chi connectivity index (χ1n) is 15.1. The molecule has 7 rings (SSSR count). The molecule has 9 nitrogen and oxygen atoms in total. The van der Waals surface area contributed by atoms with Crippen LogP contribution in [-0.4, -0.2) is 64.9 Å². The van der Waals surface area contributed by atoms with E-state index in [4.69, 9.17) is 4.74 Å². The van der Waals surface area contributed by atoms with E-state index in [0.717, 1.165) is 24.3 Å². The number of ether oxygens (including phenoxy) is 1. The third-order valence-corrected chi connectivity index (χ3v) is 8.77. The van der Waals surface area contributed by atoms with Crippen LogP contribution in [0.15, 0.2) is 61.1 Å². The maximum atomic E-state index is 15.2. The molecule has 0 saturated carbocycles. The minimum atomic E-state index is -4.72. The molecule has 5 heterocycles. The highest BCUT2D eigenvalue weighted by Gasteiger charge is 2.39. The molecule has 0 radical (unpaired) electrons. The summed E-state index contributed by atoms with van der Waals surface area (Å²) in [4.78, 5) is 35.0. The number of rotatable bonds is 7. The number of pyridine rings is 1. The third-order valence-electron chi connectivity index (χ3n) is 8.77. The van der Waals surface area contributed by atoms with Crippen molar-refractivity contribution in [2.75, 3.05) is 43.6 Å². The first-order chi connectivity index (χ1) is 22.8. The van der Waals surface area contributed by atoms with Gasteiger partial charge in [-0.2, -0.15) is 13.2 Å². The Morgan fingerprint density at radius 1 is 1.15 bits per heavy atom. The lowest BCUT2D eigenvalue weighted by Gasteiger charge is -2.38. The van der Waals surface area contributed by atoms with Gasteiger partial charge in [0.15, 0.2) is 0 Å². The summed E-state index contributed by atoms with van der Waals surface area (Å²) < 4.78 is 80.8. The van der Waals surface area contributed by atoms with Crippen molar-refractivity contribution in [3.05, 3.63) is 95.1 Å². The van der Waals surface area contributed by atoms with E-state index in [2.05, 4.69) is 20.6 Å². The fourth-order valence-corrected chi connectivity index (χ4v) is 6.36. The van der Waals surface area contributed by atoms with Crippen molar-refractivity contribution in [1.29, 1.82) is 0 Å². The number of likely N-dealkylation sites (N-methyl/N-ethyl adjacent to an activating group) is 1. The topological polar surface area (TPSA) is 104 Å². The largest absolute Gasteiger partial charge is 0.417 e. The molecule has 1 saturated heterocycles. The highest BCUT2D eigenvalue weighted by molar-refractivity contribution is 6.11. The number of aromatic nitrogens is 3. The van der Waals surface area contributed by atoms with Crippen LogP contribution >= 0.6 is 0 Å². The van der Waals surface area contributed by atoms with Gasteiger partial charge in [0.05, 0.1) is 53.1 Å². The summed E-state index contributed by atoms with van der Waals surface area (Å²) >= 11 is 0. The zero-order valence-corrected chi connectivity index (χ0v) is 25.8. The molecule has 1 amide bonds. The van der Waals surface area contributed by atoms with Crippen molar-refractivity contribution in [3.8, 4) is 11.1 Å². The number of nitrogens with zero attached hydrogens (tertiary/aromatic N) is 3. The van der Waals surface area contributed by atoms with Gasteiger partial charge in [0.2, 0.25) is 11.7 Å². The molecule has 2 aliphatic rings. The number of halogens is 5. The second-order valence-corrected chi connectivity index (χ2v) is 12.3. The maximum Gasteiger partial charge on any atom is 0.417 e. The Hall–Kier alpha value is -5.08. The number of hydrogen-bond acceptors (Lipinski definition) is 6. The van der Waals surface area contributed by atoms with Crippen LogP contribution in [0.3, 0.4) is 0 Å². The van der Waals surface area contributed by atoms with Crippen molar-refractivity contribution in [2.24, 2.45) is 0 Å². The van der Waals surface area contributed by atoms with Crippen LogP contribution in [0.2, 0.25) is 0 Å². The molecule has 2 aromatic carbocycles. The van der Waals surface area contributed by atoms with Gasteiger partial charge < -0.3 is 29.7 Å². The van der Waals surface area contributed by atoms with Gasteiger partial charge in [-0.15, -0.1) is 0 Å². The van der Waals surface area contributed by atoms with Gasteiger partial charge in [0, 0.05) is 49.1 Å². The SMILES string of the molecule is CN1CCc2cc(C(=O)c3cc(F)c(NC(=O)/C=C/CNC4(C)COC4)c(F)c3)n3cccc(c23)-c2c(C(F)(F)F)cc3[nH]cnc3c21. The fourth-order valence-electron chi connectivity index (χ4n) is 6.36. The zero-order chi connectivity index (χ0) is 34.0. The summed E-state index contributed by atoms with van der Waals surface area (Å²) in [5.41, 5.74) is -0.0787. The Morgan fingerprint density at radius 3 is 2.58 bits per heavy atom. The van der Waals surface area contributed by atoms with Crippen LogP contribution in [0.1, 0.15) is 34.1 Å². The molecular weight excluding hydrogens is 635 g/mol. The first-order valence-corrected chi connectivity index (χ1v) is 15.1. The van der Waals surface area contributed by atoms with Gasteiger partial charge in [-0.25, -0.2) is 13.8 Å². The van der Waals surface area contributed by atoms with Gasteiger partial charge in [-0.05, 0) is 49.2 Å². The van der Waals surface area contributed by atoms with Gasteiger partial charge in [0.1, 0.15) is 22.8 Å². The number of fused-ring (bicyclic) bond motifs is 4. The lowest BCUT2D eigenvalue weighted by atomic mass is 9.92. The van der Waals surface area contributed by atoms with Crippen molar-refractivity contribution >= 4 is 39.6 Å². The molecule has 0 atom stereocenters. The molecule has 14 heteroatoms. The molecule has 248 valence electrons. The number of hydrogen-bond donors (Lipinski definition) is 3. The van der Waals surface area contributed by atoms with E-state index in [9.17, 15) is 22.8 Å². The molecule has 3 aromatic heterocycles. The number of carbonyl (C=O) groups is 2. The summed E-state index contributed by atoms with van der Waals surface area (Å²) in [5.74, 6) is -3.84. The number of alkyl halides is 3. The normalized spacial score (nSPS) is 15.8. The van der Waals surface area contributed by atoms with Gasteiger partial charge in [-0.1, -0.05) is 12.1 Å². The van der Waals surface area contributed by atoms with Crippen LogP contribution in [-0.2, 0) is 22.1 Å². The lowest BCUT2D eigenvalue weighted by Crippen LogP contribution is -2.58. The summed E-state index contributed by atoms with van der Waals surface area (Å²) in [6.07, 6.45) is 1.16. The molecule has 0 bridgehead atoms. The molecule has 1 fully saturated rings. The van der Waals surface area contributed by atoms with E-state index in [-0.39, 0.29) is 33.4 Å². The van der Waals surface area contributed by atoms with E-state index in [1.54, 1.807) is 24.1 Å². The highest BCUT2D eigenvalue weighted by Crippen LogP contribution is 2.48. The number of aromatic amines is 1. The molecule has 48 heavy (non-hydrogen) atoms. The lowest BCUT2D eigenvalue weighted by molar-refractivity contribution is -0.137. The van der Waals surface area contributed by atoms with Gasteiger partial charge >= 0.3 is 6.18 Å². The smallest absolute Gasteiger partial charge is 0.377 e. The monoisotopic (exact) mass is 664 g/mol. The van der Waals surface area contributed by atoms with E-state index in [1.165, 1.54) is 29.1 Å². The second-order valence-electron chi connectivity index (χ2n) is 12.3. The minimum Gasteiger partial charge on any atom is -0.377 e. The Balaban J connectivity index is 1.24. The van der Waals surface area contributed by atoms with Gasteiger partial charge in [-0.3, -0.25) is 9.59 Å². The van der Waals surface area contributed by atoms with Crippen LogP contribution in [0, 0.1) is 11.6 Å². The third kappa shape index (κ3) is 5.40. The molecular formula is C34H29F5N6O3.